The molecule has 7 heteroatoms. The van der Waals surface area contributed by atoms with Crippen LogP contribution in [-0.2, 0) is 4.74 Å². The Balaban J connectivity index is 1.76. The maximum Gasteiger partial charge on any atom is 0.175 e. The van der Waals surface area contributed by atoms with Gasteiger partial charge in [-0.3, -0.25) is 4.57 Å². The average Bonchev–Trinajstić information content (AvgIpc) is 2.94. The molecule has 3 heterocycles. The minimum atomic E-state index is 0.0140. The minimum absolute atomic E-state index is 0.0140. The van der Waals surface area contributed by atoms with E-state index in [0.717, 1.165) is 40.1 Å². The third kappa shape index (κ3) is 2.90. The highest BCUT2D eigenvalue weighted by Gasteiger charge is 2.23. The van der Waals surface area contributed by atoms with E-state index in [1.54, 1.807) is 6.33 Å². The van der Waals surface area contributed by atoms with Gasteiger partial charge in [0.2, 0.25) is 0 Å². The maximum absolute atomic E-state index is 5.91. The van der Waals surface area contributed by atoms with Crippen molar-refractivity contribution in [2.75, 3.05) is 11.9 Å². The summed E-state index contributed by atoms with van der Waals surface area (Å²) in [4.78, 5) is 13.5. The lowest BCUT2D eigenvalue weighted by molar-refractivity contribution is -0.0313. The average molecular weight is 421 g/mol. The van der Waals surface area contributed by atoms with E-state index in [9.17, 15) is 0 Å². The predicted octanol–water partition coefficient (Wildman–Crippen LogP) is 3.87. The lowest BCUT2D eigenvalue weighted by atomic mass is 10.2. The normalized spacial score (nSPS) is 18.2. The summed E-state index contributed by atoms with van der Waals surface area (Å²) >= 11 is 2.24. The number of benzene rings is 1. The van der Waals surface area contributed by atoms with E-state index < -0.39 is 0 Å². The van der Waals surface area contributed by atoms with Crippen LogP contribution in [0.5, 0.6) is 0 Å². The van der Waals surface area contributed by atoms with Gasteiger partial charge in [-0.2, -0.15) is 0 Å². The van der Waals surface area contributed by atoms with Crippen molar-refractivity contribution < 1.29 is 4.74 Å². The van der Waals surface area contributed by atoms with Crippen LogP contribution in [0.2, 0.25) is 0 Å². The highest BCUT2D eigenvalue weighted by atomic mass is 127. The molecule has 0 bridgehead atoms. The summed E-state index contributed by atoms with van der Waals surface area (Å²) in [6, 6.07) is 9.96. The molecule has 1 fully saturated rings. The lowest BCUT2D eigenvalue weighted by Gasteiger charge is -2.24. The summed E-state index contributed by atoms with van der Waals surface area (Å²) in [5.41, 5.74) is 2.57. The number of aromatic nitrogens is 4. The Morgan fingerprint density at radius 1 is 1.17 bits per heavy atom. The first-order chi connectivity index (χ1) is 11.3. The summed E-state index contributed by atoms with van der Waals surface area (Å²) in [5, 5.41) is 3.32. The Kier molecular flexibility index (Phi) is 4.13. The summed E-state index contributed by atoms with van der Waals surface area (Å²) in [6.07, 6.45) is 4.87. The zero-order valence-electron chi connectivity index (χ0n) is 12.4. The quantitative estimate of drug-likeness (QED) is 0.514. The van der Waals surface area contributed by atoms with E-state index >= 15 is 0 Å². The molecule has 23 heavy (non-hydrogen) atoms. The van der Waals surface area contributed by atoms with E-state index in [1.807, 2.05) is 30.3 Å². The molecule has 1 aliphatic heterocycles. The van der Waals surface area contributed by atoms with Gasteiger partial charge in [-0.05, 0) is 31.4 Å². The summed E-state index contributed by atoms with van der Waals surface area (Å²) in [5.74, 6) is 0.716. The fourth-order valence-corrected chi connectivity index (χ4v) is 3.59. The molecule has 3 aromatic rings. The van der Waals surface area contributed by atoms with Crippen molar-refractivity contribution in [1.29, 1.82) is 0 Å². The van der Waals surface area contributed by atoms with Gasteiger partial charge in [0.1, 0.15) is 12.6 Å². The fourth-order valence-electron chi connectivity index (χ4n) is 2.81. The molecule has 0 spiro atoms. The van der Waals surface area contributed by atoms with Gasteiger partial charge in [0, 0.05) is 34.9 Å². The van der Waals surface area contributed by atoms with E-state index in [1.165, 1.54) is 6.42 Å². The van der Waals surface area contributed by atoms with Crippen molar-refractivity contribution in [2.45, 2.75) is 25.5 Å². The van der Waals surface area contributed by atoms with Gasteiger partial charge in [0.15, 0.2) is 20.8 Å². The molecular weight excluding hydrogens is 405 g/mol. The van der Waals surface area contributed by atoms with E-state index in [0.29, 0.717) is 5.82 Å². The Labute approximate surface area is 147 Å². The SMILES string of the molecule is Ic1nc2c(Nc3ccccc3)ncnc2n1C1CCCCO1. The van der Waals surface area contributed by atoms with Crippen LogP contribution in [0.15, 0.2) is 36.7 Å². The Bertz CT molecular complexity index is 814. The summed E-state index contributed by atoms with van der Waals surface area (Å²) in [6.45, 7) is 0.792. The first kappa shape index (κ1) is 14.8. The van der Waals surface area contributed by atoms with Gasteiger partial charge in [0.05, 0.1) is 0 Å². The highest BCUT2D eigenvalue weighted by molar-refractivity contribution is 14.1. The molecule has 1 saturated heterocycles. The van der Waals surface area contributed by atoms with Gasteiger partial charge in [0.25, 0.3) is 0 Å². The monoisotopic (exact) mass is 421 g/mol. The van der Waals surface area contributed by atoms with Crippen LogP contribution in [0.1, 0.15) is 25.5 Å². The number of halogens is 1. The van der Waals surface area contributed by atoms with Crippen molar-refractivity contribution in [3.63, 3.8) is 0 Å². The van der Waals surface area contributed by atoms with Crippen molar-refractivity contribution in [3.05, 3.63) is 40.5 Å². The van der Waals surface area contributed by atoms with E-state index in [2.05, 4.69) is 47.4 Å². The number of fused-ring (bicyclic) bond motifs is 1. The molecule has 118 valence electrons. The molecule has 1 N–H and O–H groups in total. The van der Waals surface area contributed by atoms with Gasteiger partial charge in [-0.1, -0.05) is 18.2 Å². The second kappa shape index (κ2) is 6.40. The molecule has 4 rings (SSSR count). The largest absolute Gasteiger partial charge is 0.358 e. The molecule has 0 aliphatic carbocycles. The second-order valence-corrected chi connectivity index (χ2v) is 6.42. The molecule has 0 amide bonds. The van der Waals surface area contributed by atoms with Crippen LogP contribution < -0.4 is 5.32 Å². The number of nitrogens with zero attached hydrogens (tertiary/aromatic N) is 4. The molecular formula is C16H16IN5O. The zero-order valence-corrected chi connectivity index (χ0v) is 14.6. The number of rotatable bonds is 3. The third-order valence-corrected chi connectivity index (χ3v) is 4.68. The fraction of sp³-hybridized carbons (Fsp3) is 0.312. The second-order valence-electron chi connectivity index (χ2n) is 5.46. The summed E-state index contributed by atoms with van der Waals surface area (Å²) in [7, 11) is 0. The number of ether oxygens (including phenoxy) is 1. The van der Waals surface area contributed by atoms with Crippen molar-refractivity contribution in [3.8, 4) is 0 Å². The molecule has 0 saturated carbocycles. The topological polar surface area (TPSA) is 64.9 Å². The minimum Gasteiger partial charge on any atom is -0.358 e. The number of para-hydroxylation sites is 1. The number of imidazole rings is 1. The van der Waals surface area contributed by atoms with Gasteiger partial charge in [-0.15, -0.1) is 0 Å². The smallest absolute Gasteiger partial charge is 0.175 e. The molecule has 1 atom stereocenters. The highest BCUT2D eigenvalue weighted by Crippen LogP contribution is 2.30. The number of nitrogens with one attached hydrogen (secondary N) is 1. The van der Waals surface area contributed by atoms with E-state index in [4.69, 9.17) is 4.74 Å². The number of anilines is 2. The molecule has 2 aromatic heterocycles. The maximum atomic E-state index is 5.91. The van der Waals surface area contributed by atoms with Gasteiger partial charge >= 0.3 is 0 Å². The van der Waals surface area contributed by atoms with Gasteiger partial charge < -0.3 is 10.1 Å². The van der Waals surface area contributed by atoms with Crippen LogP contribution in [0, 0.1) is 3.83 Å². The predicted molar refractivity (Wildman–Crippen MR) is 96.6 cm³/mol. The third-order valence-electron chi connectivity index (χ3n) is 3.91. The Morgan fingerprint density at radius 3 is 2.83 bits per heavy atom. The first-order valence-electron chi connectivity index (χ1n) is 7.65. The first-order valence-corrected chi connectivity index (χ1v) is 8.73. The molecule has 1 aliphatic rings. The standard InChI is InChI=1S/C16H16IN5O/c17-16-21-13-14(20-11-6-2-1-3-7-11)18-10-19-15(13)22(16)12-8-4-5-9-23-12/h1-3,6-7,10,12H,4-5,8-9H2,(H,18,19,20). The summed E-state index contributed by atoms with van der Waals surface area (Å²) < 4.78 is 8.86. The lowest BCUT2D eigenvalue weighted by Crippen LogP contribution is -2.19. The Morgan fingerprint density at radius 2 is 2.04 bits per heavy atom. The molecule has 6 nitrogen and oxygen atoms in total. The van der Waals surface area contributed by atoms with Gasteiger partial charge in [-0.25, -0.2) is 15.0 Å². The molecule has 0 radical (unpaired) electrons. The van der Waals surface area contributed by atoms with Crippen LogP contribution in [0.25, 0.3) is 11.2 Å². The molecule has 1 aromatic carbocycles. The van der Waals surface area contributed by atoms with Crippen LogP contribution in [-0.4, -0.2) is 26.1 Å². The number of hydrogen-bond acceptors (Lipinski definition) is 5. The van der Waals surface area contributed by atoms with Crippen molar-refractivity contribution >= 4 is 45.3 Å². The number of hydrogen-bond donors (Lipinski definition) is 1. The van der Waals surface area contributed by atoms with Crippen LogP contribution in [0.3, 0.4) is 0 Å². The van der Waals surface area contributed by atoms with Crippen LogP contribution in [0.4, 0.5) is 11.5 Å². The Hall–Kier alpha value is -1.74. The van der Waals surface area contributed by atoms with E-state index in [-0.39, 0.29) is 6.23 Å². The van der Waals surface area contributed by atoms with Crippen LogP contribution >= 0.6 is 22.6 Å². The zero-order chi connectivity index (χ0) is 15.6. The van der Waals surface area contributed by atoms with Crippen molar-refractivity contribution in [2.24, 2.45) is 0 Å². The molecule has 1 unspecified atom stereocenters. The van der Waals surface area contributed by atoms with Crippen molar-refractivity contribution in [1.82, 2.24) is 19.5 Å².